The predicted molar refractivity (Wildman–Crippen MR) is 68.0 cm³/mol. The molecule has 2 fully saturated rings. The van der Waals surface area contributed by atoms with Crippen molar-refractivity contribution < 1.29 is 9.90 Å². The van der Waals surface area contributed by atoms with Crippen molar-refractivity contribution in [2.45, 2.75) is 58.9 Å². The number of fused-ring (bicyclic) bond motifs is 2. The van der Waals surface area contributed by atoms with E-state index in [1.807, 2.05) is 0 Å². The third-order valence-corrected chi connectivity index (χ3v) is 4.36. The van der Waals surface area contributed by atoms with Gasteiger partial charge >= 0.3 is 5.97 Å². The molecule has 1 N–H and O–H groups in total. The Morgan fingerprint density at radius 2 is 2.06 bits per heavy atom. The molecule has 1 saturated carbocycles. The summed E-state index contributed by atoms with van der Waals surface area (Å²) in [7, 11) is 0. The van der Waals surface area contributed by atoms with Crippen LogP contribution in [0.1, 0.15) is 52.9 Å². The van der Waals surface area contributed by atoms with Crippen LogP contribution >= 0.6 is 0 Å². The van der Waals surface area contributed by atoms with Gasteiger partial charge in [-0.1, -0.05) is 20.8 Å². The van der Waals surface area contributed by atoms with E-state index in [2.05, 4.69) is 25.7 Å². The van der Waals surface area contributed by atoms with Gasteiger partial charge in [-0.05, 0) is 43.1 Å². The first-order chi connectivity index (χ1) is 7.80. The lowest BCUT2D eigenvalue weighted by atomic mass is 9.65. The SMILES string of the molecule is CC1(C)CC2CC(C)(CN2CCCC(=O)O)C1. The molecule has 1 aliphatic carbocycles. The summed E-state index contributed by atoms with van der Waals surface area (Å²) in [5, 5.41) is 8.69. The van der Waals surface area contributed by atoms with Crippen LogP contribution < -0.4 is 0 Å². The molecule has 98 valence electrons. The standard InChI is InChI=1S/C14H25NO2/c1-13(2)7-11-8-14(3,9-13)10-15(11)6-4-5-12(16)17/h11H,4-10H2,1-3H3,(H,16,17). The van der Waals surface area contributed by atoms with Crippen LogP contribution in [-0.2, 0) is 4.79 Å². The molecular formula is C14H25NO2. The third kappa shape index (κ3) is 3.01. The number of rotatable bonds is 4. The molecule has 0 radical (unpaired) electrons. The Morgan fingerprint density at radius 3 is 2.71 bits per heavy atom. The summed E-state index contributed by atoms with van der Waals surface area (Å²) >= 11 is 0. The molecular weight excluding hydrogens is 214 g/mol. The molecule has 17 heavy (non-hydrogen) atoms. The quantitative estimate of drug-likeness (QED) is 0.820. The lowest BCUT2D eigenvalue weighted by Crippen LogP contribution is -2.35. The van der Waals surface area contributed by atoms with E-state index in [0.29, 0.717) is 23.3 Å². The fraction of sp³-hybridized carbons (Fsp3) is 0.929. The molecule has 2 aliphatic rings. The van der Waals surface area contributed by atoms with Crippen LogP contribution in [0.2, 0.25) is 0 Å². The van der Waals surface area contributed by atoms with Gasteiger partial charge in [0.05, 0.1) is 0 Å². The summed E-state index contributed by atoms with van der Waals surface area (Å²) in [6, 6.07) is 0.692. The fourth-order valence-corrected chi connectivity index (χ4v) is 4.27. The number of aliphatic carboxylic acids is 1. The summed E-state index contributed by atoms with van der Waals surface area (Å²) < 4.78 is 0. The minimum absolute atomic E-state index is 0.309. The maximum Gasteiger partial charge on any atom is 0.303 e. The Morgan fingerprint density at radius 1 is 1.35 bits per heavy atom. The van der Waals surface area contributed by atoms with Gasteiger partial charge in [-0.2, -0.15) is 0 Å². The highest BCUT2D eigenvalue weighted by Gasteiger charge is 2.49. The van der Waals surface area contributed by atoms with Crippen LogP contribution in [0.5, 0.6) is 0 Å². The smallest absolute Gasteiger partial charge is 0.303 e. The summed E-state index contributed by atoms with van der Waals surface area (Å²) in [5.74, 6) is -0.668. The molecule has 0 aromatic heterocycles. The van der Waals surface area contributed by atoms with Gasteiger partial charge in [0.1, 0.15) is 0 Å². The second-order valence-electron chi connectivity index (χ2n) is 7.18. The molecule has 1 saturated heterocycles. The minimum Gasteiger partial charge on any atom is -0.481 e. The lowest BCUT2D eigenvalue weighted by Gasteiger charge is -2.40. The summed E-state index contributed by atoms with van der Waals surface area (Å²) in [5.41, 5.74) is 0.925. The average Bonchev–Trinajstić information content (AvgIpc) is 2.34. The number of hydrogen-bond donors (Lipinski definition) is 1. The maximum absolute atomic E-state index is 10.5. The Kier molecular flexibility index (Phi) is 3.23. The van der Waals surface area contributed by atoms with Gasteiger partial charge in [0.25, 0.3) is 0 Å². The van der Waals surface area contributed by atoms with Crippen molar-refractivity contribution in [1.29, 1.82) is 0 Å². The van der Waals surface area contributed by atoms with Crippen molar-refractivity contribution in [3.8, 4) is 0 Å². The molecule has 2 atom stereocenters. The molecule has 2 unspecified atom stereocenters. The van der Waals surface area contributed by atoms with E-state index < -0.39 is 5.97 Å². The van der Waals surface area contributed by atoms with Crippen LogP contribution in [-0.4, -0.2) is 35.1 Å². The molecule has 2 bridgehead atoms. The summed E-state index contributed by atoms with van der Waals surface area (Å²) in [6.45, 7) is 9.28. The Labute approximate surface area is 104 Å². The molecule has 1 heterocycles. The van der Waals surface area contributed by atoms with Gasteiger partial charge in [0.15, 0.2) is 0 Å². The summed E-state index contributed by atoms with van der Waals surface area (Å²) in [6.07, 6.45) is 5.00. The first-order valence-corrected chi connectivity index (χ1v) is 6.76. The van der Waals surface area contributed by atoms with Crippen LogP contribution in [0, 0.1) is 10.8 Å². The Balaban J connectivity index is 1.92. The highest BCUT2D eigenvalue weighted by Crippen LogP contribution is 2.52. The van der Waals surface area contributed by atoms with Gasteiger partial charge in [-0.3, -0.25) is 9.69 Å². The Hall–Kier alpha value is -0.570. The van der Waals surface area contributed by atoms with E-state index in [1.54, 1.807) is 0 Å². The number of likely N-dealkylation sites (tertiary alicyclic amines) is 1. The zero-order valence-corrected chi connectivity index (χ0v) is 11.3. The monoisotopic (exact) mass is 239 g/mol. The van der Waals surface area contributed by atoms with Crippen molar-refractivity contribution in [2.24, 2.45) is 10.8 Å². The van der Waals surface area contributed by atoms with Crippen molar-refractivity contribution in [3.05, 3.63) is 0 Å². The molecule has 2 rings (SSSR count). The largest absolute Gasteiger partial charge is 0.481 e. The maximum atomic E-state index is 10.5. The van der Waals surface area contributed by atoms with Crippen LogP contribution in [0.15, 0.2) is 0 Å². The van der Waals surface area contributed by atoms with Crippen LogP contribution in [0.3, 0.4) is 0 Å². The topological polar surface area (TPSA) is 40.5 Å². The fourth-order valence-electron chi connectivity index (χ4n) is 4.27. The van der Waals surface area contributed by atoms with Crippen molar-refractivity contribution in [2.75, 3.05) is 13.1 Å². The van der Waals surface area contributed by atoms with Crippen LogP contribution in [0.25, 0.3) is 0 Å². The van der Waals surface area contributed by atoms with E-state index in [1.165, 1.54) is 25.8 Å². The van der Waals surface area contributed by atoms with Gasteiger partial charge in [0, 0.05) is 19.0 Å². The third-order valence-electron chi connectivity index (χ3n) is 4.36. The molecule has 3 heteroatoms. The van der Waals surface area contributed by atoms with E-state index in [4.69, 9.17) is 5.11 Å². The van der Waals surface area contributed by atoms with Gasteiger partial charge in [0.2, 0.25) is 0 Å². The second-order valence-corrected chi connectivity index (χ2v) is 7.18. The number of hydrogen-bond acceptors (Lipinski definition) is 2. The molecule has 1 aliphatic heterocycles. The molecule has 0 aromatic rings. The number of carbonyl (C=O) groups is 1. The van der Waals surface area contributed by atoms with Gasteiger partial charge < -0.3 is 5.11 Å². The van der Waals surface area contributed by atoms with Gasteiger partial charge in [-0.15, -0.1) is 0 Å². The highest BCUT2D eigenvalue weighted by molar-refractivity contribution is 5.66. The van der Waals surface area contributed by atoms with Crippen molar-refractivity contribution in [3.63, 3.8) is 0 Å². The van der Waals surface area contributed by atoms with Gasteiger partial charge in [-0.25, -0.2) is 0 Å². The molecule has 0 aromatic carbocycles. The molecule has 0 spiro atoms. The minimum atomic E-state index is -0.668. The van der Waals surface area contributed by atoms with Crippen molar-refractivity contribution >= 4 is 5.97 Å². The lowest BCUT2D eigenvalue weighted by molar-refractivity contribution is -0.137. The van der Waals surface area contributed by atoms with E-state index >= 15 is 0 Å². The van der Waals surface area contributed by atoms with E-state index in [9.17, 15) is 4.79 Å². The average molecular weight is 239 g/mol. The van der Waals surface area contributed by atoms with E-state index in [-0.39, 0.29) is 0 Å². The second kappa shape index (κ2) is 4.27. The van der Waals surface area contributed by atoms with E-state index in [0.717, 1.165) is 13.0 Å². The first kappa shape index (κ1) is 12.9. The number of carboxylic acids is 1. The predicted octanol–water partition coefficient (Wildman–Crippen LogP) is 2.75. The highest BCUT2D eigenvalue weighted by atomic mass is 16.4. The number of carboxylic acid groups (broad SMARTS) is 1. The van der Waals surface area contributed by atoms with Crippen LogP contribution in [0.4, 0.5) is 0 Å². The Bertz CT molecular complexity index is 313. The summed E-state index contributed by atoms with van der Waals surface area (Å²) in [4.78, 5) is 13.1. The molecule has 3 nitrogen and oxygen atoms in total. The zero-order chi connectivity index (χ0) is 12.7. The number of nitrogens with zero attached hydrogens (tertiary/aromatic N) is 1. The normalized spacial score (nSPS) is 36.1. The van der Waals surface area contributed by atoms with Crippen molar-refractivity contribution in [1.82, 2.24) is 4.90 Å². The molecule has 0 amide bonds. The zero-order valence-electron chi connectivity index (χ0n) is 11.3. The first-order valence-electron chi connectivity index (χ1n) is 6.76.